The van der Waals surface area contributed by atoms with Gasteiger partial charge in [-0.3, -0.25) is 18.7 Å². The van der Waals surface area contributed by atoms with Gasteiger partial charge in [0.15, 0.2) is 28.3 Å². The first-order valence-electron chi connectivity index (χ1n) is 22.9. The molecule has 6 heterocycles. The summed E-state index contributed by atoms with van der Waals surface area (Å²) in [5.74, 6) is 0.948. The highest BCUT2D eigenvalue weighted by molar-refractivity contribution is 6.74. The number of anilines is 2. The lowest BCUT2D eigenvalue weighted by Gasteiger charge is -2.55. The summed E-state index contributed by atoms with van der Waals surface area (Å²) in [7, 11) is -3.62. The summed E-state index contributed by atoms with van der Waals surface area (Å²) in [6.07, 6.45) is 9.05. The van der Waals surface area contributed by atoms with Gasteiger partial charge in [0.1, 0.15) is 0 Å². The molecule has 0 bridgehead atoms. The molecule has 2 aromatic carbocycles. The molecule has 0 radical (unpaired) electrons. The summed E-state index contributed by atoms with van der Waals surface area (Å²) in [6.45, 7) is 29.8. The molecule has 0 saturated carbocycles. The zero-order valence-electron chi connectivity index (χ0n) is 40.4. The van der Waals surface area contributed by atoms with E-state index in [1.165, 1.54) is 0 Å². The number of nitrogens with zero attached hydrogens (tertiary/aromatic N) is 8. The molecule has 16 heteroatoms. The molecule has 66 heavy (non-hydrogen) atoms. The van der Waals surface area contributed by atoms with Gasteiger partial charge in [-0.25, -0.2) is 9.97 Å². The Morgan fingerprint density at radius 1 is 0.682 bits per heavy atom. The number of benzene rings is 2. The number of aromatic nitrogens is 4. The summed E-state index contributed by atoms with van der Waals surface area (Å²) < 4.78 is 26.6. The molecule has 0 N–H and O–H groups in total. The topological polar surface area (TPSA) is 161 Å². The molecule has 14 nitrogen and oxygen atoms in total. The summed E-state index contributed by atoms with van der Waals surface area (Å²) in [5.41, 5.74) is 4.22. The van der Waals surface area contributed by atoms with Gasteiger partial charge in [0, 0.05) is 56.6 Å². The van der Waals surface area contributed by atoms with Crippen LogP contribution in [0.15, 0.2) is 76.6 Å². The number of ether oxygens (including phenoxy) is 2. The van der Waals surface area contributed by atoms with Crippen LogP contribution in [0.5, 0.6) is 0 Å². The average molecular weight is 931 g/mol. The lowest BCUT2D eigenvalue weighted by Crippen LogP contribution is -2.67. The maximum Gasteiger partial charge on any atom is 0.298 e. The van der Waals surface area contributed by atoms with Crippen molar-refractivity contribution in [2.75, 3.05) is 75.6 Å². The van der Waals surface area contributed by atoms with Crippen molar-refractivity contribution >= 4 is 34.3 Å². The maximum absolute atomic E-state index is 13.3. The molecule has 0 atom stereocenters. The molecule has 4 saturated heterocycles. The van der Waals surface area contributed by atoms with Crippen molar-refractivity contribution in [3.05, 3.63) is 110 Å². The van der Waals surface area contributed by atoms with Crippen LogP contribution >= 0.6 is 0 Å². The van der Waals surface area contributed by atoms with Gasteiger partial charge >= 0.3 is 0 Å². The lowest BCUT2D eigenvalue weighted by atomic mass is 9.78. The Bertz CT molecular complexity index is 2610. The third-order valence-electron chi connectivity index (χ3n) is 14.2. The maximum atomic E-state index is 13.3. The molecule has 0 unspecified atom stereocenters. The molecule has 2 aromatic heterocycles. The van der Waals surface area contributed by atoms with Crippen LogP contribution < -0.4 is 20.9 Å². The predicted molar refractivity (Wildman–Crippen MR) is 264 cm³/mol. The molecular formula is C50H66N8O6Si2. The van der Waals surface area contributed by atoms with Gasteiger partial charge in [-0.05, 0) is 104 Å². The molecule has 4 aromatic rings. The second-order valence-electron chi connectivity index (χ2n) is 21.6. The highest BCUT2D eigenvalue weighted by Crippen LogP contribution is 2.41. The average Bonchev–Trinajstić information content (AvgIpc) is 3.20. The Kier molecular flexibility index (Phi) is 13.9. The van der Waals surface area contributed by atoms with E-state index in [-0.39, 0.29) is 32.0 Å². The van der Waals surface area contributed by atoms with Crippen molar-refractivity contribution < 1.29 is 18.3 Å². The van der Waals surface area contributed by atoms with E-state index in [4.69, 9.17) is 33.8 Å². The van der Waals surface area contributed by atoms with E-state index in [1.807, 2.05) is 35.4 Å². The van der Waals surface area contributed by atoms with E-state index >= 15 is 0 Å². The first kappa shape index (κ1) is 48.7. The smallest absolute Gasteiger partial charge is 0.298 e. The highest BCUT2D eigenvalue weighted by atomic mass is 28.4. The summed E-state index contributed by atoms with van der Waals surface area (Å²) >= 11 is 0. The predicted octanol–water partition coefficient (Wildman–Crippen LogP) is 7.87. The third-order valence-corrected chi connectivity index (χ3v) is 23.3. The zero-order valence-corrected chi connectivity index (χ0v) is 42.4. The molecule has 2 spiro atoms. The normalized spacial score (nSPS) is 17.5. The molecule has 0 aliphatic carbocycles. The number of nitriles is 2. The molecule has 0 amide bonds. The van der Waals surface area contributed by atoms with E-state index in [2.05, 4.69) is 89.8 Å². The van der Waals surface area contributed by atoms with Crippen molar-refractivity contribution in [1.29, 1.82) is 10.5 Å². The van der Waals surface area contributed by atoms with Gasteiger partial charge in [-0.15, -0.1) is 0 Å². The Morgan fingerprint density at radius 3 is 1.55 bits per heavy atom. The van der Waals surface area contributed by atoms with Crippen molar-refractivity contribution in [3.8, 4) is 23.5 Å². The van der Waals surface area contributed by atoms with Gasteiger partial charge in [-0.1, -0.05) is 47.6 Å². The van der Waals surface area contributed by atoms with Crippen molar-refractivity contribution in [1.82, 2.24) is 19.1 Å². The van der Waals surface area contributed by atoms with E-state index in [0.717, 1.165) is 76.8 Å². The fourth-order valence-corrected chi connectivity index (χ4v) is 9.86. The lowest BCUT2D eigenvalue weighted by molar-refractivity contribution is -0.127. The molecule has 4 aliphatic heterocycles. The summed E-state index contributed by atoms with van der Waals surface area (Å²) in [5, 5.41) is 18.5. The molecule has 4 aliphatic rings. The van der Waals surface area contributed by atoms with Gasteiger partial charge < -0.3 is 28.1 Å². The van der Waals surface area contributed by atoms with Crippen LogP contribution in [-0.2, 0) is 24.7 Å². The van der Waals surface area contributed by atoms with Crippen LogP contribution in [-0.4, -0.2) is 102 Å². The highest BCUT2D eigenvalue weighted by Gasteiger charge is 2.51. The SMILES string of the molecule is CC(C)(C)[Si](C)(C)OC/C=C/c1cn(-c2ccc(C#N)cc2)c(=O)c(N2CC3(COC3)C2)n1.CC(C)(C)[Si](C)(C)OCCCc1cn(-c2ccc(C#N)cc2)c(=O)c(N2CC3(COC3)C2)n1. The standard InChI is InChI=1S/C25H34N4O3Si.C25H32N4O3Si/c2*1-24(2,3)33(4,5)32-12-6-7-20-14-29(21-10-8-19(13-26)9-11-21)23(30)22(27-20)28-15-25(16-28)17-31-18-25/h8-11,14H,6-7,12,15-18H2,1-5H3;6-11,14H,12,15-18H2,1-5H3/b;7-6+. The molecule has 8 rings (SSSR count). The molecular weight excluding hydrogens is 865 g/mol. The Hall–Kier alpha value is -5.21. The van der Waals surface area contributed by atoms with Crippen molar-refractivity contribution in [3.63, 3.8) is 0 Å². The van der Waals surface area contributed by atoms with Gasteiger partial charge in [-0.2, -0.15) is 10.5 Å². The third kappa shape index (κ3) is 10.5. The molecule has 350 valence electrons. The first-order chi connectivity index (χ1) is 31.1. The second-order valence-corrected chi connectivity index (χ2v) is 31.2. The monoisotopic (exact) mass is 930 g/mol. The van der Waals surface area contributed by atoms with Gasteiger partial charge in [0.25, 0.3) is 11.1 Å². The fourth-order valence-electron chi connectivity index (χ4n) is 7.83. The van der Waals surface area contributed by atoms with Crippen molar-refractivity contribution in [2.24, 2.45) is 10.8 Å². The quantitative estimate of drug-likeness (QED) is 0.0945. The number of aryl methyl sites for hydroxylation is 1. The summed E-state index contributed by atoms with van der Waals surface area (Å²) in [4.78, 5) is 40.2. The Morgan fingerprint density at radius 2 is 1.12 bits per heavy atom. The second kappa shape index (κ2) is 18.8. The number of hydrogen-bond acceptors (Lipinski definition) is 12. The van der Waals surface area contributed by atoms with Crippen molar-refractivity contribution in [2.45, 2.75) is 90.6 Å². The van der Waals surface area contributed by atoms with E-state index in [0.29, 0.717) is 47.4 Å². The van der Waals surface area contributed by atoms with Crippen LogP contribution in [0.2, 0.25) is 36.3 Å². The largest absolute Gasteiger partial charge is 0.417 e. The van der Waals surface area contributed by atoms with Gasteiger partial charge in [0.05, 0.1) is 78.5 Å². The number of rotatable bonds is 13. The summed E-state index contributed by atoms with van der Waals surface area (Å²) in [6, 6.07) is 18.3. The molecule has 4 fully saturated rings. The number of hydrogen-bond donors (Lipinski definition) is 0. The van der Waals surface area contributed by atoms with E-state index in [9.17, 15) is 9.59 Å². The van der Waals surface area contributed by atoms with Crippen LogP contribution in [0.4, 0.5) is 11.6 Å². The minimum absolute atomic E-state index is 0.129. The van der Waals surface area contributed by atoms with Gasteiger partial charge in [0.2, 0.25) is 0 Å². The minimum atomic E-state index is -1.84. The van der Waals surface area contributed by atoms with Crippen LogP contribution in [0.25, 0.3) is 17.5 Å². The van der Waals surface area contributed by atoms with Crippen LogP contribution in [0.1, 0.15) is 70.5 Å². The Labute approximate surface area is 391 Å². The minimum Gasteiger partial charge on any atom is -0.417 e. The Balaban J connectivity index is 0.000000196. The van der Waals surface area contributed by atoms with E-state index in [1.54, 1.807) is 51.7 Å². The first-order valence-corrected chi connectivity index (χ1v) is 28.8. The van der Waals surface area contributed by atoms with Crippen LogP contribution in [0.3, 0.4) is 0 Å². The fraction of sp³-hybridized carbons (Fsp3) is 0.520. The van der Waals surface area contributed by atoms with E-state index < -0.39 is 16.6 Å². The van der Waals surface area contributed by atoms with Crippen LogP contribution in [0, 0.1) is 33.5 Å². The zero-order chi connectivity index (χ0) is 47.7.